The van der Waals surface area contributed by atoms with Crippen molar-refractivity contribution in [2.45, 2.75) is 18.7 Å². The predicted octanol–water partition coefficient (Wildman–Crippen LogP) is 4.34. The fourth-order valence-electron chi connectivity index (χ4n) is 1.75. The van der Waals surface area contributed by atoms with E-state index in [0.717, 1.165) is 16.1 Å². The highest BCUT2D eigenvalue weighted by molar-refractivity contribution is 7.80. The Bertz CT molecular complexity index is 544. The zero-order valence-corrected chi connectivity index (χ0v) is 10.9. The van der Waals surface area contributed by atoms with Gasteiger partial charge in [-0.3, -0.25) is 4.99 Å². The summed E-state index contributed by atoms with van der Waals surface area (Å²) in [6, 6.07) is 14.1. The third-order valence-electron chi connectivity index (χ3n) is 2.58. The normalized spacial score (nSPS) is 11.0. The molecule has 0 aliphatic rings. The highest BCUT2D eigenvalue weighted by atomic mass is 32.1. The Labute approximate surface area is 108 Å². The van der Waals surface area contributed by atoms with Crippen LogP contribution in [0.5, 0.6) is 0 Å². The number of hydrogen-bond acceptors (Lipinski definition) is 2. The first-order chi connectivity index (χ1) is 8.16. The third-order valence-corrected chi connectivity index (χ3v) is 3.19. The molecular formula is C15H15NS. The monoisotopic (exact) mass is 241 g/mol. The van der Waals surface area contributed by atoms with E-state index in [4.69, 9.17) is 0 Å². The summed E-state index contributed by atoms with van der Waals surface area (Å²) in [5.74, 6) is 0. The maximum absolute atomic E-state index is 4.51. The average Bonchev–Trinajstić information content (AvgIpc) is 2.33. The van der Waals surface area contributed by atoms with E-state index in [0.29, 0.717) is 0 Å². The molecule has 0 N–H and O–H groups in total. The molecular weight excluding hydrogens is 226 g/mol. The molecule has 2 rings (SSSR count). The van der Waals surface area contributed by atoms with Gasteiger partial charge in [-0.2, -0.15) is 0 Å². The van der Waals surface area contributed by atoms with Crippen molar-refractivity contribution in [2.75, 3.05) is 0 Å². The van der Waals surface area contributed by atoms with Crippen molar-refractivity contribution in [3.05, 3.63) is 59.2 Å². The fraction of sp³-hybridized carbons (Fsp3) is 0.133. The van der Waals surface area contributed by atoms with E-state index in [2.05, 4.69) is 43.6 Å². The molecule has 2 heteroatoms. The van der Waals surface area contributed by atoms with Crippen LogP contribution in [0.25, 0.3) is 0 Å². The Morgan fingerprint density at radius 2 is 1.76 bits per heavy atom. The van der Waals surface area contributed by atoms with Crippen LogP contribution in [0.4, 0.5) is 5.69 Å². The molecule has 0 saturated heterocycles. The molecule has 0 aromatic heterocycles. The van der Waals surface area contributed by atoms with Crippen molar-refractivity contribution in [3.63, 3.8) is 0 Å². The van der Waals surface area contributed by atoms with E-state index in [1.54, 1.807) is 0 Å². The zero-order chi connectivity index (χ0) is 12.3. The molecule has 0 atom stereocenters. The molecule has 2 aromatic rings. The Hall–Kier alpha value is -1.54. The van der Waals surface area contributed by atoms with E-state index in [1.807, 2.05) is 36.5 Å². The summed E-state index contributed by atoms with van der Waals surface area (Å²) in [6.45, 7) is 4.15. The molecule has 0 unspecified atom stereocenters. The van der Waals surface area contributed by atoms with Gasteiger partial charge in [0, 0.05) is 16.7 Å². The Kier molecular flexibility index (Phi) is 3.64. The van der Waals surface area contributed by atoms with Gasteiger partial charge in [0.05, 0.1) is 5.69 Å². The zero-order valence-electron chi connectivity index (χ0n) is 10.0. The molecule has 0 fully saturated rings. The molecule has 0 bridgehead atoms. The molecule has 0 aliphatic carbocycles. The number of para-hydroxylation sites is 1. The molecule has 1 nitrogen and oxygen atoms in total. The van der Waals surface area contributed by atoms with Gasteiger partial charge in [-0.25, -0.2) is 0 Å². The predicted molar refractivity (Wildman–Crippen MR) is 76.9 cm³/mol. The number of nitrogens with zero attached hydrogens (tertiary/aromatic N) is 1. The van der Waals surface area contributed by atoms with E-state index in [1.165, 1.54) is 11.1 Å². The summed E-state index contributed by atoms with van der Waals surface area (Å²) in [6.07, 6.45) is 1.87. The van der Waals surface area contributed by atoms with Crippen LogP contribution in [-0.2, 0) is 0 Å². The van der Waals surface area contributed by atoms with E-state index >= 15 is 0 Å². The molecule has 86 valence electrons. The van der Waals surface area contributed by atoms with E-state index in [-0.39, 0.29) is 0 Å². The minimum Gasteiger partial charge on any atom is -0.256 e. The standard InChI is InChI=1S/C15H15NS/c1-11-8-12(2)15(17)13(9-11)10-16-14-6-4-3-5-7-14/h3-10,17H,1-2H3. The van der Waals surface area contributed by atoms with E-state index in [9.17, 15) is 0 Å². The summed E-state index contributed by atoms with van der Waals surface area (Å²) in [5, 5.41) is 0. The molecule has 2 aromatic carbocycles. The first-order valence-electron chi connectivity index (χ1n) is 5.56. The van der Waals surface area contributed by atoms with Crippen LogP contribution < -0.4 is 0 Å². The lowest BCUT2D eigenvalue weighted by Crippen LogP contribution is -1.89. The topological polar surface area (TPSA) is 12.4 Å². The Morgan fingerprint density at radius 3 is 2.47 bits per heavy atom. The molecule has 0 aliphatic heterocycles. The minimum atomic E-state index is 0.958. The van der Waals surface area contributed by atoms with Gasteiger partial charge in [0.25, 0.3) is 0 Å². The van der Waals surface area contributed by atoms with Crippen LogP contribution >= 0.6 is 12.6 Å². The number of benzene rings is 2. The molecule has 17 heavy (non-hydrogen) atoms. The van der Waals surface area contributed by atoms with E-state index < -0.39 is 0 Å². The summed E-state index contributed by atoms with van der Waals surface area (Å²) in [7, 11) is 0. The third kappa shape index (κ3) is 2.98. The molecule has 0 spiro atoms. The lowest BCUT2D eigenvalue weighted by atomic mass is 10.1. The van der Waals surface area contributed by atoms with Crippen molar-refractivity contribution >= 4 is 24.5 Å². The number of thiol groups is 1. The van der Waals surface area contributed by atoms with Crippen LogP contribution in [0, 0.1) is 13.8 Å². The second kappa shape index (κ2) is 5.19. The van der Waals surface area contributed by atoms with Gasteiger partial charge < -0.3 is 0 Å². The first-order valence-corrected chi connectivity index (χ1v) is 6.01. The maximum atomic E-state index is 4.51. The maximum Gasteiger partial charge on any atom is 0.0629 e. The summed E-state index contributed by atoms with van der Waals surface area (Å²) in [4.78, 5) is 5.44. The Balaban J connectivity index is 2.33. The molecule has 0 saturated carbocycles. The quantitative estimate of drug-likeness (QED) is 0.593. The number of rotatable bonds is 2. The Morgan fingerprint density at radius 1 is 1.06 bits per heavy atom. The van der Waals surface area contributed by atoms with Gasteiger partial charge in [0.15, 0.2) is 0 Å². The van der Waals surface area contributed by atoms with Crippen LogP contribution in [0.2, 0.25) is 0 Å². The largest absolute Gasteiger partial charge is 0.256 e. The summed E-state index contributed by atoms with van der Waals surface area (Å²) in [5.41, 5.74) is 4.44. The van der Waals surface area contributed by atoms with Gasteiger partial charge in [-0.1, -0.05) is 29.8 Å². The summed E-state index contributed by atoms with van der Waals surface area (Å²) < 4.78 is 0. The van der Waals surface area contributed by atoms with Crippen molar-refractivity contribution < 1.29 is 0 Å². The van der Waals surface area contributed by atoms with Crippen molar-refractivity contribution in [2.24, 2.45) is 4.99 Å². The number of aliphatic imine (C=N–C) groups is 1. The van der Waals surface area contributed by atoms with Crippen LogP contribution in [0.3, 0.4) is 0 Å². The van der Waals surface area contributed by atoms with Crippen molar-refractivity contribution in [1.29, 1.82) is 0 Å². The van der Waals surface area contributed by atoms with Gasteiger partial charge in [0.2, 0.25) is 0 Å². The smallest absolute Gasteiger partial charge is 0.0629 e. The number of aryl methyl sites for hydroxylation is 2. The van der Waals surface area contributed by atoms with Crippen molar-refractivity contribution in [3.8, 4) is 0 Å². The van der Waals surface area contributed by atoms with Gasteiger partial charge in [-0.15, -0.1) is 12.6 Å². The minimum absolute atomic E-state index is 0.958. The molecule has 0 amide bonds. The highest BCUT2D eigenvalue weighted by Crippen LogP contribution is 2.20. The molecule has 0 heterocycles. The van der Waals surface area contributed by atoms with Crippen LogP contribution in [-0.4, -0.2) is 6.21 Å². The number of hydrogen-bond donors (Lipinski definition) is 1. The van der Waals surface area contributed by atoms with Crippen LogP contribution in [0.15, 0.2) is 52.4 Å². The van der Waals surface area contributed by atoms with Gasteiger partial charge in [-0.05, 0) is 37.6 Å². The SMILES string of the molecule is Cc1cc(C)c(S)c(C=Nc2ccccc2)c1. The highest BCUT2D eigenvalue weighted by Gasteiger charge is 2.00. The first kappa shape index (κ1) is 11.9. The second-order valence-electron chi connectivity index (χ2n) is 4.11. The lowest BCUT2D eigenvalue weighted by Gasteiger charge is -2.05. The fourth-order valence-corrected chi connectivity index (χ4v) is 1.94. The molecule has 0 radical (unpaired) electrons. The van der Waals surface area contributed by atoms with Crippen molar-refractivity contribution in [1.82, 2.24) is 0 Å². The van der Waals surface area contributed by atoms with Gasteiger partial charge in [0.1, 0.15) is 0 Å². The van der Waals surface area contributed by atoms with Crippen LogP contribution in [0.1, 0.15) is 16.7 Å². The second-order valence-corrected chi connectivity index (χ2v) is 4.56. The average molecular weight is 241 g/mol. The van der Waals surface area contributed by atoms with Gasteiger partial charge >= 0.3 is 0 Å². The summed E-state index contributed by atoms with van der Waals surface area (Å²) >= 11 is 4.51. The lowest BCUT2D eigenvalue weighted by molar-refractivity contribution is 1.26.